The maximum absolute atomic E-state index is 12.7. The van der Waals surface area contributed by atoms with E-state index in [-0.39, 0.29) is 11.7 Å². The fourth-order valence-electron chi connectivity index (χ4n) is 4.30. The Hall–Kier alpha value is -2.46. The summed E-state index contributed by atoms with van der Waals surface area (Å²) in [4.78, 5) is 27.0. The van der Waals surface area contributed by atoms with Gasteiger partial charge in [-0.05, 0) is 54.5 Å². The number of rotatable bonds is 6. The highest BCUT2D eigenvalue weighted by molar-refractivity contribution is 5.96. The summed E-state index contributed by atoms with van der Waals surface area (Å²) < 4.78 is 0. The molecule has 0 radical (unpaired) electrons. The van der Waals surface area contributed by atoms with Crippen molar-refractivity contribution in [2.24, 2.45) is 0 Å². The summed E-state index contributed by atoms with van der Waals surface area (Å²) >= 11 is 0. The van der Waals surface area contributed by atoms with Gasteiger partial charge in [0, 0.05) is 43.2 Å². The van der Waals surface area contributed by atoms with E-state index in [1.165, 1.54) is 30.4 Å². The average molecular weight is 391 g/mol. The summed E-state index contributed by atoms with van der Waals surface area (Å²) in [5, 5.41) is 3.01. The number of carbonyl (C=O) groups is 2. The van der Waals surface area contributed by atoms with Crippen LogP contribution in [-0.2, 0) is 19.4 Å². The summed E-state index contributed by atoms with van der Waals surface area (Å²) in [7, 11) is 0. The number of hydrogen-bond acceptors (Lipinski definition) is 3. The molecule has 1 fully saturated rings. The SMILES string of the molecule is CCC(=O)c1ccc(CNC(=O)c2ccc3c(c2)CCN(C2CCC2)CC3)cc1. The molecule has 1 saturated carbocycles. The molecule has 1 aliphatic carbocycles. The minimum atomic E-state index is -0.0402. The molecule has 0 atom stereocenters. The van der Waals surface area contributed by atoms with E-state index in [2.05, 4.69) is 22.3 Å². The summed E-state index contributed by atoms with van der Waals surface area (Å²) in [6, 6.07) is 14.5. The molecule has 29 heavy (non-hydrogen) atoms. The Bertz CT molecular complexity index is 884. The normalized spacial score (nSPS) is 17.1. The van der Waals surface area contributed by atoms with Crippen molar-refractivity contribution < 1.29 is 9.59 Å². The lowest BCUT2D eigenvalue weighted by Gasteiger charge is -2.36. The maximum atomic E-state index is 12.7. The Balaban J connectivity index is 1.36. The first-order valence-electron chi connectivity index (χ1n) is 10.9. The van der Waals surface area contributed by atoms with Crippen molar-refractivity contribution in [3.8, 4) is 0 Å². The van der Waals surface area contributed by atoms with Gasteiger partial charge in [-0.15, -0.1) is 0 Å². The molecule has 0 unspecified atom stereocenters. The molecule has 4 nitrogen and oxygen atoms in total. The zero-order valence-corrected chi connectivity index (χ0v) is 17.2. The maximum Gasteiger partial charge on any atom is 0.251 e. The highest BCUT2D eigenvalue weighted by Crippen LogP contribution is 2.27. The van der Waals surface area contributed by atoms with E-state index in [0.29, 0.717) is 13.0 Å². The second kappa shape index (κ2) is 8.91. The molecule has 4 rings (SSSR count). The minimum Gasteiger partial charge on any atom is -0.348 e. The fourth-order valence-corrected chi connectivity index (χ4v) is 4.30. The second-order valence-electron chi connectivity index (χ2n) is 8.26. The van der Waals surface area contributed by atoms with E-state index in [4.69, 9.17) is 0 Å². The van der Waals surface area contributed by atoms with Crippen LogP contribution in [-0.4, -0.2) is 35.7 Å². The van der Waals surface area contributed by atoms with Crippen molar-refractivity contribution >= 4 is 11.7 Å². The van der Waals surface area contributed by atoms with Gasteiger partial charge >= 0.3 is 0 Å². The summed E-state index contributed by atoms with van der Waals surface area (Å²) in [6.07, 6.45) is 6.68. The largest absolute Gasteiger partial charge is 0.348 e. The number of nitrogens with one attached hydrogen (secondary N) is 1. The molecular weight excluding hydrogens is 360 g/mol. The third-order valence-corrected chi connectivity index (χ3v) is 6.45. The number of amides is 1. The highest BCUT2D eigenvalue weighted by Gasteiger charge is 2.26. The molecule has 1 amide bonds. The van der Waals surface area contributed by atoms with Crippen molar-refractivity contribution in [3.63, 3.8) is 0 Å². The Morgan fingerprint density at radius 3 is 2.31 bits per heavy atom. The molecule has 0 saturated heterocycles. The van der Waals surface area contributed by atoms with Gasteiger partial charge in [0.15, 0.2) is 5.78 Å². The number of benzene rings is 2. The highest BCUT2D eigenvalue weighted by atomic mass is 16.1. The number of ketones is 1. The van der Waals surface area contributed by atoms with Gasteiger partial charge in [-0.1, -0.05) is 43.7 Å². The van der Waals surface area contributed by atoms with Crippen LogP contribution in [0.25, 0.3) is 0 Å². The standard InChI is InChI=1S/C25H30N2O2/c1-2-24(28)20-8-6-18(7-9-20)17-26-25(29)22-11-10-19-12-14-27(23-4-3-5-23)15-13-21(19)16-22/h6-11,16,23H,2-5,12-15,17H2,1H3,(H,26,29). The fraction of sp³-hybridized carbons (Fsp3) is 0.440. The smallest absolute Gasteiger partial charge is 0.251 e. The molecular formula is C25H30N2O2. The Labute approximate surface area is 173 Å². The Kier molecular flexibility index (Phi) is 6.10. The van der Waals surface area contributed by atoms with Gasteiger partial charge in [-0.3, -0.25) is 14.5 Å². The van der Waals surface area contributed by atoms with E-state index in [9.17, 15) is 9.59 Å². The van der Waals surface area contributed by atoms with Crippen molar-refractivity contribution in [2.75, 3.05) is 13.1 Å². The van der Waals surface area contributed by atoms with Crippen LogP contribution in [0.1, 0.15) is 70.0 Å². The van der Waals surface area contributed by atoms with Gasteiger partial charge in [0.2, 0.25) is 0 Å². The minimum absolute atomic E-state index is 0.0402. The predicted molar refractivity (Wildman–Crippen MR) is 115 cm³/mol. The first kappa shape index (κ1) is 19.8. The van der Waals surface area contributed by atoms with Gasteiger partial charge in [-0.25, -0.2) is 0 Å². The van der Waals surface area contributed by atoms with E-state index in [1.54, 1.807) is 0 Å². The van der Waals surface area contributed by atoms with Crippen LogP contribution in [0.15, 0.2) is 42.5 Å². The van der Waals surface area contributed by atoms with Gasteiger partial charge in [0.25, 0.3) is 5.91 Å². The van der Waals surface area contributed by atoms with E-state index in [0.717, 1.165) is 48.7 Å². The van der Waals surface area contributed by atoms with Crippen LogP contribution in [0.2, 0.25) is 0 Å². The Morgan fingerprint density at radius 1 is 0.966 bits per heavy atom. The zero-order chi connectivity index (χ0) is 20.2. The molecule has 4 heteroatoms. The van der Waals surface area contributed by atoms with E-state index in [1.807, 2.05) is 37.3 Å². The van der Waals surface area contributed by atoms with Gasteiger partial charge in [-0.2, -0.15) is 0 Å². The average Bonchev–Trinajstić information content (AvgIpc) is 2.93. The van der Waals surface area contributed by atoms with Crippen LogP contribution in [0, 0.1) is 0 Å². The van der Waals surface area contributed by atoms with Crippen LogP contribution < -0.4 is 5.32 Å². The number of fused-ring (bicyclic) bond motifs is 1. The third-order valence-electron chi connectivity index (χ3n) is 6.45. The van der Waals surface area contributed by atoms with E-state index >= 15 is 0 Å². The van der Waals surface area contributed by atoms with Crippen LogP contribution in [0.3, 0.4) is 0 Å². The Morgan fingerprint density at radius 2 is 1.66 bits per heavy atom. The molecule has 152 valence electrons. The van der Waals surface area contributed by atoms with Crippen molar-refractivity contribution in [3.05, 3.63) is 70.3 Å². The number of hydrogen-bond donors (Lipinski definition) is 1. The predicted octanol–water partition coefficient (Wildman–Crippen LogP) is 4.16. The van der Waals surface area contributed by atoms with Gasteiger partial charge in [0.1, 0.15) is 0 Å². The molecule has 1 heterocycles. The van der Waals surface area contributed by atoms with Crippen molar-refractivity contribution in [1.29, 1.82) is 0 Å². The second-order valence-corrected chi connectivity index (χ2v) is 8.26. The summed E-state index contributed by atoms with van der Waals surface area (Å²) in [5.41, 5.74) is 5.17. The summed E-state index contributed by atoms with van der Waals surface area (Å²) in [5.74, 6) is 0.100. The molecule has 2 aliphatic rings. The van der Waals surface area contributed by atoms with Crippen molar-refractivity contribution in [2.45, 2.75) is 58.0 Å². The molecule has 2 aromatic rings. The molecule has 2 aromatic carbocycles. The first-order chi connectivity index (χ1) is 14.1. The third kappa shape index (κ3) is 4.59. The zero-order valence-electron chi connectivity index (χ0n) is 17.2. The quantitative estimate of drug-likeness (QED) is 0.754. The van der Waals surface area contributed by atoms with Crippen LogP contribution >= 0.6 is 0 Å². The summed E-state index contributed by atoms with van der Waals surface area (Å²) in [6.45, 7) is 4.57. The van der Waals surface area contributed by atoms with Crippen LogP contribution in [0.5, 0.6) is 0 Å². The molecule has 0 bridgehead atoms. The lowest BCUT2D eigenvalue weighted by Crippen LogP contribution is -2.41. The molecule has 1 N–H and O–H groups in total. The van der Waals surface area contributed by atoms with Crippen molar-refractivity contribution in [1.82, 2.24) is 10.2 Å². The number of Topliss-reactive ketones (excluding diaryl/α,β-unsaturated/α-hetero) is 1. The number of carbonyl (C=O) groups excluding carboxylic acids is 2. The number of nitrogens with zero attached hydrogens (tertiary/aromatic N) is 1. The van der Waals surface area contributed by atoms with E-state index < -0.39 is 0 Å². The molecule has 1 aliphatic heterocycles. The molecule has 0 aromatic heterocycles. The van der Waals surface area contributed by atoms with Gasteiger partial charge in [0.05, 0.1) is 0 Å². The lowest BCUT2D eigenvalue weighted by atomic mass is 9.91. The lowest BCUT2D eigenvalue weighted by molar-refractivity contribution is 0.0948. The first-order valence-corrected chi connectivity index (χ1v) is 10.9. The molecule has 0 spiro atoms. The van der Waals surface area contributed by atoms with Crippen LogP contribution in [0.4, 0.5) is 0 Å². The van der Waals surface area contributed by atoms with Gasteiger partial charge < -0.3 is 5.32 Å². The topological polar surface area (TPSA) is 49.4 Å². The monoisotopic (exact) mass is 390 g/mol.